The van der Waals surface area contributed by atoms with E-state index in [1.165, 1.54) is 18.7 Å². The Bertz CT molecular complexity index is 719. The van der Waals surface area contributed by atoms with E-state index >= 15 is 0 Å². The van der Waals surface area contributed by atoms with Crippen LogP contribution in [0.3, 0.4) is 0 Å². The van der Waals surface area contributed by atoms with Crippen LogP contribution >= 0.6 is 0 Å². The predicted molar refractivity (Wildman–Crippen MR) is 112 cm³/mol. The van der Waals surface area contributed by atoms with Gasteiger partial charge < -0.3 is 35.4 Å². The highest BCUT2D eigenvalue weighted by atomic mass is 16.6. The molecule has 0 aromatic carbocycles. The van der Waals surface area contributed by atoms with Crippen molar-refractivity contribution in [1.82, 2.24) is 20.9 Å². The first-order valence-electron chi connectivity index (χ1n) is 10.4. The maximum absolute atomic E-state index is 12.7. The SMILES string of the molecule is COC(=O)[C@@H](NC(=O)[C@H](C)NC(=O)[C@@H]1CCCN1C(=O)CNC(=O)OC(C)(C)C)[C@@H](C)O. The molecule has 0 aliphatic carbocycles. The van der Waals surface area contributed by atoms with Gasteiger partial charge in [0.2, 0.25) is 17.7 Å². The van der Waals surface area contributed by atoms with Crippen LogP contribution in [0, 0.1) is 0 Å². The topological polar surface area (TPSA) is 163 Å². The highest BCUT2D eigenvalue weighted by Crippen LogP contribution is 2.17. The lowest BCUT2D eigenvalue weighted by Crippen LogP contribution is -2.56. The second kappa shape index (κ2) is 11.7. The molecule has 1 aliphatic rings. The van der Waals surface area contributed by atoms with E-state index in [0.29, 0.717) is 19.4 Å². The fourth-order valence-corrected chi connectivity index (χ4v) is 3.06. The van der Waals surface area contributed by atoms with Gasteiger partial charge in [-0.3, -0.25) is 14.4 Å². The third-order valence-electron chi connectivity index (χ3n) is 4.65. The number of carbonyl (C=O) groups excluding carboxylic acids is 5. The molecule has 4 atom stereocenters. The molecule has 0 aromatic heterocycles. The molecule has 4 amide bonds. The van der Waals surface area contributed by atoms with Crippen LogP contribution in [0.1, 0.15) is 47.5 Å². The standard InChI is InChI=1S/C20H34N4O8/c1-11(16(27)23-15(12(2)25)18(29)31-6)22-17(28)13-8-7-9-24(13)14(26)10-21-19(30)32-20(3,4)5/h11-13,15,25H,7-10H2,1-6H3,(H,21,30)(H,22,28)(H,23,27)/t11-,12+,13-,15-/m0/s1. The molecular weight excluding hydrogens is 424 g/mol. The van der Waals surface area contributed by atoms with Gasteiger partial charge >= 0.3 is 12.1 Å². The van der Waals surface area contributed by atoms with Gasteiger partial charge in [0.15, 0.2) is 6.04 Å². The van der Waals surface area contributed by atoms with Crippen molar-refractivity contribution in [3.8, 4) is 0 Å². The quantitative estimate of drug-likeness (QED) is 0.338. The molecule has 1 saturated heterocycles. The first kappa shape index (κ1) is 27.1. The number of hydrogen-bond acceptors (Lipinski definition) is 8. The number of nitrogens with zero attached hydrogens (tertiary/aromatic N) is 1. The normalized spacial score (nSPS) is 18.7. The lowest BCUT2D eigenvalue weighted by atomic mass is 10.1. The molecule has 12 heteroatoms. The number of amides is 4. The van der Waals surface area contributed by atoms with E-state index < -0.39 is 59.6 Å². The zero-order valence-electron chi connectivity index (χ0n) is 19.4. The third kappa shape index (κ3) is 8.33. The molecule has 1 aliphatic heterocycles. The van der Waals surface area contributed by atoms with Crippen LogP contribution in [0.4, 0.5) is 4.79 Å². The Balaban J connectivity index is 2.65. The number of likely N-dealkylation sites (tertiary alicyclic amines) is 1. The molecule has 182 valence electrons. The number of esters is 1. The van der Waals surface area contributed by atoms with Crippen LogP contribution in [-0.2, 0) is 28.7 Å². The van der Waals surface area contributed by atoms with Crippen molar-refractivity contribution in [2.75, 3.05) is 20.2 Å². The zero-order valence-corrected chi connectivity index (χ0v) is 19.4. The predicted octanol–water partition coefficient (Wildman–Crippen LogP) is -0.955. The number of methoxy groups -OCH3 is 1. The van der Waals surface area contributed by atoms with Gasteiger partial charge in [-0.25, -0.2) is 9.59 Å². The van der Waals surface area contributed by atoms with Crippen molar-refractivity contribution >= 4 is 29.8 Å². The van der Waals surface area contributed by atoms with Gasteiger partial charge in [-0.15, -0.1) is 0 Å². The first-order valence-corrected chi connectivity index (χ1v) is 10.4. The van der Waals surface area contributed by atoms with Gasteiger partial charge in [-0.2, -0.15) is 0 Å². The van der Waals surface area contributed by atoms with E-state index in [0.717, 1.165) is 7.11 Å². The van der Waals surface area contributed by atoms with E-state index in [-0.39, 0.29) is 6.54 Å². The van der Waals surface area contributed by atoms with E-state index in [2.05, 4.69) is 20.7 Å². The molecule has 4 N–H and O–H groups in total. The van der Waals surface area contributed by atoms with Crippen LogP contribution in [0.15, 0.2) is 0 Å². The minimum Gasteiger partial charge on any atom is -0.467 e. The van der Waals surface area contributed by atoms with Gasteiger partial charge in [0, 0.05) is 6.54 Å². The maximum atomic E-state index is 12.7. The van der Waals surface area contributed by atoms with Crippen LogP contribution < -0.4 is 16.0 Å². The molecule has 12 nitrogen and oxygen atoms in total. The van der Waals surface area contributed by atoms with Crippen LogP contribution in [0.25, 0.3) is 0 Å². The maximum Gasteiger partial charge on any atom is 0.408 e. The lowest BCUT2D eigenvalue weighted by Gasteiger charge is -2.26. The van der Waals surface area contributed by atoms with Crippen molar-refractivity contribution in [2.45, 2.75) is 77.3 Å². The number of alkyl carbamates (subject to hydrolysis) is 1. The van der Waals surface area contributed by atoms with Gasteiger partial charge in [-0.1, -0.05) is 0 Å². The van der Waals surface area contributed by atoms with E-state index in [9.17, 15) is 29.1 Å². The van der Waals surface area contributed by atoms with Gasteiger partial charge in [0.25, 0.3) is 0 Å². The second-order valence-electron chi connectivity index (χ2n) is 8.58. The highest BCUT2D eigenvalue weighted by molar-refractivity contribution is 5.94. The van der Waals surface area contributed by atoms with Gasteiger partial charge in [0.05, 0.1) is 13.2 Å². The minimum absolute atomic E-state index is 0.329. The first-order chi connectivity index (χ1) is 14.8. The summed E-state index contributed by atoms with van der Waals surface area (Å²) in [7, 11) is 1.12. The summed E-state index contributed by atoms with van der Waals surface area (Å²) in [5.41, 5.74) is -0.708. The Kier molecular flexibility index (Phi) is 9.88. The zero-order chi connectivity index (χ0) is 24.6. The number of nitrogens with one attached hydrogen (secondary N) is 3. The van der Waals surface area contributed by atoms with Crippen molar-refractivity contribution in [3.05, 3.63) is 0 Å². The Morgan fingerprint density at radius 2 is 1.75 bits per heavy atom. The van der Waals surface area contributed by atoms with Crippen LogP contribution in [0.5, 0.6) is 0 Å². The molecule has 1 rings (SSSR count). The molecule has 0 aromatic rings. The smallest absolute Gasteiger partial charge is 0.408 e. The summed E-state index contributed by atoms with van der Waals surface area (Å²) in [5.74, 6) is -2.51. The Labute approximate surface area is 187 Å². The van der Waals surface area contributed by atoms with Crippen molar-refractivity contribution in [1.29, 1.82) is 0 Å². The Hall–Kier alpha value is -2.89. The summed E-state index contributed by atoms with van der Waals surface area (Å²) in [5, 5.41) is 16.9. The van der Waals surface area contributed by atoms with E-state index in [1.807, 2.05) is 0 Å². The summed E-state index contributed by atoms with van der Waals surface area (Å²) in [6, 6.07) is -3.12. The highest BCUT2D eigenvalue weighted by Gasteiger charge is 2.36. The molecular formula is C20H34N4O8. The second-order valence-corrected chi connectivity index (χ2v) is 8.58. The molecule has 0 spiro atoms. The summed E-state index contributed by atoms with van der Waals surface area (Å²) in [6.07, 6.45) is -0.954. The number of carbonyl (C=O) groups is 5. The van der Waals surface area contributed by atoms with E-state index in [1.54, 1.807) is 20.8 Å². The number of hydrogen-bond donors (Lipinski definition) is 4. The summed E-state index contributed by atoms with van der Waals surface area (Å²) in [6.45, 7) is 7.82. The number of aliphatic hydroxyl groups is 1. The fourth-order valence-electron chi connectivity index (χ4n) is 3.06. The molecule has 32 heavy (non-hydrogen) atoms. The summed E-state index contributed by atoms with van der Waals surface area (Å²) in [4.78, 5) is 62.3. The minimum atomic E-state index is -1.28. The Morgan fingerprint density at radius 1 is 1.12 bits per heavy atom. The van der Waals surface area contributed by atoms with E-state index in [4.69, 9.17) is 4.74 Å². The fraction of sp³-hybridized carbons (Fsp3) is 0.750. The number of aliphatic hydroxyl groups excluding tert-OH is 1. The number of ether oxygens (including phenoxy) is 2. The molecule has 0 radical (unpaired) electrons. The van der Waals surface area contributed by atoms with Crippen LogP contribution in [-0.4, -0.2) is 89.8 Å². The molecule has 0 saturated carbocycles. The molecule has 1 heterocycles. The molecule has 0 bridgehead atoms. The largest absolute Gasteiger partial charge is 0.467 e. The lowest BCUT2D eigenvalue weighted by molar-refractivity contribution is -0.148. The van der Waals surface area contributed by atoms with Crippen LogP contribution in [0.2, 0.25) is 0 Å². The Morgan fingerprint density at radius 3 is 2.28 bits per heavy atom. The monoisotopic (exact) mass is 458 g/mol. The molecule has 0 unspecified atom stereocenters. The van der Waals surface area contributed by atoms with Crippen molar-refractivity contribution in [3.63, 3.8) is 0 Å². The average molecular weight is 459 g/mol. The van der Waals surface area contributed by atoms with Crippen molar-refractivity contribution in [2.24, 2.45) is 0 Å². The summed E-state index contributed by atoms with van der Waals surface area (Å²) < 4.78 is 9.62. The third-order valence-corrected chi connectivity index (χ3v) is 4.65. The summed E-state index contributed by atoms with van der Waals surface area (Å²) >= 11 is 0. The number of rotatable bonds is 8. The molecule has 1 fully saturated rings. The van der Waals surface area contributed by atoms with Crippen molar-refractivity contribution < 1.29 is 38.6 Å². The van der Waals surface area contributed by atoms with Gasteiger partial charge in [0.1, 0.15) is 24.2 Å². The van der Waals surface area contributed by atoms with Gasteiger partial charge in [-0.05, 0) is 47.5 Å². The average Bonchev–Trinajstić information content (AvgIpc) is 3.17.